The second kappa shape index (κ2) is 2.67. The summed E-state index contributed by atoms with van der Waals surface area (Å²) in [5.41, 5.74) is 0.701. The molecule has 1 heterocycles. The van der Waals surface area contributed by atoms with Crippen LogP contribution in [0.5, 0.6) is 0 Å². The van der Waals surface area contributed by atoms with E-state index in [0.717, 1.165) is 9.90 Å². The number of hydrogen-bond donors (Lipinski definition) is 0. The largest absolute Gasteiger partial charge is 0.234 e. The van der Waals surface area contributed by atoms with Crippen LogP contribution in [0.3, 0.4) is 0 Å². The van der Waals surface area contributed by atoms with Gasteiger partial charge in [-0.25, -0.2) is 10.1 Å². The van der Waals surface area contributed by atoms with Gasteiger partial charge >= 0.3 is 0 Å². The zero-order chi connectivity index (χ0) is 8.55. The number of thioether (sulfide) groups is 1. The van der Waals surface area contributed by atoms with E-state index in [2.05, 4.69) is 0 Å². The summed E-state index contributed by atoms with van der Waals surface area (Å²) < 4.78 is 0. The summed E-state index contributed by atoms with van der Waals surface area (Å²) in [6.07, 6.45) is 0. The van der Waals surface area contributed by atoms with Crippen LogP contribution in [0.2, 0.25) is 0 Å². The Labute approximate surface area is 73.3 Å². The van der Waals surface area contributed by atoms with E-state index in [4.69, 9.17) is 0 Å². The number of hydrazine groups is 1. The number of fused-ring (bicyclic) bond motifs is 1. The average molecular weight is 182 g/mol. The van der Waals surface area contributed by atoms with Crippen molar-refractivity contribution in [2.45, 2.75) is 4.90 Å². The van der Waals surface area contributed by atoms with Crippen molar-refractivity contribution < 1.29 is 5.03 Å². The topological polar surface area (TPSA) is 46.4 Å². The van der Waals surface area contributed by atoms with Crippen molar-refractivity contribution in [2.24, 2.45) is 0 Å². The zero-order valence-corrected chi connectivity index (χ0v) is 6.95. The van der Waals surface area contributed by atoms with Gasteiger partial charge < -0.3 is 0 Å². The van der Waals surface area contributed by atoms with Gasteiger partial charge in [0.1, 0.15) is 11.6 Å². The molecule has 5 heteroatoms. The molecule has 0 unspecified atom stereocenters. The lowest BCUT2D eigenvalue weighted by molar-refractivity contribution is -0.491. The predicted molar refractivity (Wildman–Crippen MR) is 46.6 cm³/mol. The third-order valence-electron chi connectivity index (χ3n) is 1.68. The molecule has 12 heavy (non-hydrogen) atoms. The van der Waals surface area contributed by atoms with E-state index in [1.54, 1.807) is 12.1 Å². The van der Waals surface area contributed by atoms with Gasteiger partial charge in [0, 0.05) is 4.90 Å². The summed E-state index contributed by atoms with van der Waals surface area (Å²) in [6, 6.07) is 7.35. The molecule has 1 aliphatic rings. The van der Waals surface area contributed by atoms with E-state index < -0.39 is 0 Å². The van der Waals surface area contributed by atoms with Crippen LogP contribution < -0.4 is 5.01 Å². The van der Waals surface area contributed by atoms with Crippen LogP contribution in [-0.2, 0) is 0 Å². The molecule has 0 saturated carbocycles. The number of para-hydroxylation sites is 1. The Morgan fingerprint density at radius 2 is 2.25 bits per heavy atom. The third kappa shape index (κ3) is 1.02. The lowest BCUT2D eigenvalue weighted by atomic mass is 10.3. The van der Waals surface area contributed by atoms with Gasteiger partial charge in [-0.1, -0.05) is 28.9 Å². The van der Waals surface area contributed by atoms with E-state index in [-0.39, 0.29) is 5.03 Å². The van der Waals surface area contributed by atoms with Gasteiger partial charge in [-0.15, -0.1) is 0 Å². The van der Waals surface area contributed by atoms with Crippen molar-refractivity contribution in [3.8, 4) is 0 Å². The molecule has 62 valence electrons. The summed E-state index contributed by atoms with van der Waals surface area (Å²) in [4.78, 5) is 11.5. The predicted octanol–water partition coefficient (Wildman–Crippen LogP) is 1.75. The average Bonchev–Trinajstić information content (AvgIpc) is 2.47. The van der Waals surface area contributed by atoms with Crippen LogP contribution in [0.15, 0.2) is 29.2 Å². The summed E-state index contributed by atoms with van der Waals surface area (Å²) in [6.45, 7) is 0. The zero-order valence-electron chi connectivity index (χ0n) is 6.14. The van der Waals surface area contributed by atoms with Gasteiger partial charge in [-0.05, 0) is 12.1 Å². The minimum Gasteiger partial charge on any atom is -0.234 e. The maximum absolute atomic E-state index is 10.5. The van der Waals surface area contributed by atoms with Gasteiger partial charge in [0.2, 0.25) is 0 Å². The first kappa shape index (κ1) is 7.42. The van der Waals surface area contributed by atoms with Crippen LogP contribution in [0, 0.1) is 10.1 Å². The van der Waals surface area contributed by atoms with Gasteiger partial charge in [0.05, 0.1) is 0 Å². The molecule has 1 aliphatic heterocycles. The Bertz CT molecular complexity index is 329. The fourth-order valence-corrected chi connectivity index (χ4v) is 2.12. The van der Waals surface area contributed by atoms with E-state index in [0.29, 0.717) is 11.6 Å². The number of anilines is 1. The fourth-order valence-electron chi connectivity index (χ4n) is 1.13. The molecule has 0 radical (unpaired) electrons. The SMILES string of the molecule is O=[N+]([O-])N1CSc2ccccc21. The maximum Gasteiger partial charge on any atom is 0.166 e. The van der Waals surface area contributed by atoms with Crippen LogP contribution in [0.4, 0.5) is 5.69 Å². The van der Waals surface area contributed by atoms with E-state index in [9.17, 15) is 10.1 Å². The number of rotatable bonds is 1. The molecule has 0 bridgehead atoms. The standard InChI is InChI=1S/C7H6N2O2S/c10-9(11)8-5-12-7-4-2-1-3-6(7)8/h1-4H,5H2. The van der Waals surface area contributed by atoms with Crippen LogP contribution >= 0.6 is 11.8 Å². The summed E-state index contributed by atoms with van der Waals surface area (Å²) in [7, 11) is 0. The molecular formula is C7H6N2O2S. The Kier molecular flexibility index (Phi) is 1.65. The molecule has 2 rings (SSSR count). The van der Waals surface area contributed by atoms with Crippen LogP contribution in [-0.4, -0.2) is 10.9 Å². The first-order chi connectivity index (χ1) is 5.79. The molecule has 0 fully saturated rings. The van der Waals surface area contributed by atoms with Crippen molar-refractivity contribution in [3.63, 3.8) is 0 Å². The quantitative estimate of drug-likeness (QED) is 0.490. The van der Waals surface area contributed by atoms with E-state index in [1.165, 1.54) is 11.8 Å². The number of benzene rings is 1. The van der Waals surface area contributed by atoms with Gasteiger partial charge in [-0.2, -0.15) is 0 Å². The molecule has 0 amide bonds. The van der Waals surface area contributed by atoms with Crippen molar-refractivity contribution in [3.05, 3.63) is 34.4 Å². The number of nitrogens with zero attached hydrogens (tertiary/aromatic N) is 2. The highest BCUT2D eigenvalue weighted by molar-refractivity contribution is 7.99. The Balaban J connectivity index is 2.42. The molecule has 0 spiro atoms. The Morgan fingerprint density at radius 3 is 3.00 bits per heavy atom. The van der Waals surface area contributed by atoms with Gasteiger partial charge in [-0.3, -0.25) is 0 Å². The van der Waals surface area contributed by atoms with Crippen molar-refractivity contribution in [1.29, 1.82) is 0 Å². The molecule has 0 aromatic heterocycles. The lowest BCUT2D eigenvalue weighted by Gasteiger charge is -2.04. The first-order valence-electron chi connectivity index (χ1n) is 3.43. The van der Waals surface area contributed by atoms with E-state index in [1.807, 2.05) is 12.1 Å². The third-order valence-corrected chi connectivity index (χ3v) is 2.71. The van der Waals surface area contributed by atoms with Crippen molar-refractivity contribution in [1.82, 2.24) is 0 Å². The van der Waals surface area contributed by atoms with Crippen LogP contribution in [0.25, 0.3) is 0 Å². The fraction of sp³-hybridized carbons (Fsp3) is 0.143. The van der Waals surface area contributed by atoms with E-state index >= 15 is 0 Å². The second-order valence-electron chi connectivity index (χ2n) is 2.38. The monoisotopic (exact) mass is 182 g/mol. The number of hydrogen-bond acceptors (Lipinski definition) is 3. The first-order valence-corrected chi connectivity index (χ1v) is 4.41. The maximum atomic E-state index is 10.5. The number of nitro groups is 1. The van der Waals surface area contributed by atoms with Crippen molar-refractivity contribution in [2.75, 3.05) is 10.9 Å². The summed E-state index contributed by atoms with van der Waals surface area (Å²) in [5, 5.41) is 11.3. The summed E-state index contributed by atoms with van der Waals surface area (Å²) >= 11 is 1.49. The van der Waals surface area contributed by atoms with Crippen LogP contribution in [0.1, 0.15) is 0 Å². The Hall–Kier alpha value is -1.23. The molecule has 0 saturated heterocycles. The van der Waals surface area contributed by atoms with Gasteiger partial charge in [0.15, 0.2) is 5.03 Å². The Morgan fingerprint density at radius 1 is 1.50 bits per heavy atom. The highest BCUT2D eigenvalue weighted by atomic mass is 32.2. The lowest BCUT2D eigenvalue weighted by Crippen LogP contribution is -2.25. The highest BCUT2D eigenvalue weighted by Gasteiger charge is 2.27. The molecule has 1 aromatic rings. The van der Waals surface area contributed by atoms with Gasteiger partial charge in [0.25, 0.3) is 0 Å². The smallest absolute Gasteiger partial charge is 0.166 e. The minimum atomic E-state index is -0.376. The van der Waals surface area contributed by atoms with Crippen molar-refractivity contribution >= 4 is 17.4 Å². The molecule has 4 nitrogen and oxygen atoms in total. The normalized spacial score (nSPS) is 14.5. The second-order valence-corrected chi connectivity index (χ2v) is 3.37. The molecule has 1 aromatic carbocycles. The minimum absolute atomic E-state index is 0.376. The molecular weight excluding hydrogens is 176 g/mol. The molecule has 0 aliphatic carbocycles. The highest BCUT2D eigenvalue weighted by Crippen LogP contribution is 2.37. The molecule has 0 atom stereocenters. The molecule has 0 N–H and O–H groups in total. The summed E-state index contributed by atoms with van der Waals surface area (Å²) in [5.74, 6) is 0.409.